The third-order valence-corrected chi connectivity index (χ3v) is 3.78. The zero-order valence-corrected chi connectivity index (χ0v) is 13.8. The standard InChI is InChI=1S/C18H26N2O/c1-6-7-12-20-17(21)15(18(3,4)5)16(19-20)14-10-8-13(2)9-11-14/h8-11,19H,6-7,12H2,1-5H3. The molecule has 0 saturated carbocycles. The Bertz CT molecular complexity index is 654. The van der Waals surface area contributed by atoms with E-state index in [2.05, 4.69) is 64.0 Å². The first kappa shape index (κ1) is 15.6. The molecule has 1 aromatic heterocycles. The number of unbranched alkanes of at least 4 members (excludes halogenated alkanes) is 1. The van der Waals surface area contributed by atoms with Crippen LogP contribution in [0, 0.1) is 6.92 Å². The smallest absolute Gasteiger partial charge is 0.270 e. The van der Waals surface area contributed by atoms with E-state index in [1.54, 1.807) is 4.68 Å². The molecule has 0 unspecified atom stereocenters. The molecule has 0 aliphatic rings. The normalized spacial score (nSPS) is 11.9. The molecular weight excluding hydrogens is 260 g/mol. The van der Waals surface area contributed by atoms with Gasteiger partial charge in [-0.05, 0) is 24.3 Å². The molecule has 0 spiro atoms. The molecule has 2 rings (SSSR count). The van der Waals surface area contributed by atoms with Crippen molar-refractivity contribution in [1.29, 1.82) is 0 Å². The Balaban J connectivity index is 2.58. The molecule has 2 aromatic rings. The van der Waals surface area contributed by atoms with Gasteiger partial charge in [-0.2, -0.15) is 0 Å². The molecule has 0 bridgehead atoms. The van der Waals surface area contributed by atoms with Crippen molar-refractivity contribution in [2.75, 3.05) is 0 Å². The topological polar surface area (TPSA) is 37.8 Å². The molecule has 0 saturated heterocycles. The van der Waals surface area contributed by atoms with Gasteiger partial charge >= 0.3 is 0 Å². The summed E-state index contributed by atoms with van der Waals surface area (Å²) < 4.78 is 1.76. The number of H-pyrrole nitrogens is 1. The molecule has 3 heteroatoms. The van der Waals surface area contributed by atoms with Gasteiger partial charge < -0.3 is 0 Å². The van der Waals surface area contributed by atoms with E-state index in [1.165, 1.54) is 5.56 Å². The average Bonchev–Trinajstić information content (AvgIpc) is 2.74. The van der Waals surface area contributed by atoms with Crippen LogP contribution in [0.3, 0.4) is 0 Å². The van der Waals surface area contributed by atoms with Crippen LogP contribution in [-0.2, 0) is 12.0 Å². The van der Waals surface area contributed by atoms with Gasteiger partial charge in [0.15, 0.2) is 0 Å². The summed E-state index contributed by atoms with van der Waals surface area (Å²) in [7, 11) is 0. The van der Waals surface area contributed by atoms with Crippen molar-refractivity contribution in [2.45, 2.75) is 59.4 Å². The van der Waals surface area contributed by atoms with Crippen LogP contribution in [-0.4, -0.2) is 9.78 Å². The number of benzene rings is 1. The molecule has 1 heterocycles. The summed E-state index contributed by atoms with van der Waals surface area (Å²) in [6.45, 7) is 11.3. The molecule has 0 radical (unpaired) electrons. The van der Waals surface area contributed by atoms with Gasteiger partial charge in [0.25, 0.3) is 5.56 Å². The zero-order chi connectivity index (χ0) is 15.6. The zero-order valence-electron chi connectivity index (χ0n) is 13.8. The number of hydrogen-bond donors (Lipinski definition) is 1. The van der Waals surface area contributed by atoms with Crippen LogP contribution in [0.2, 0.25) is 0 Å². The molecule has 3 nitrogen and oxygen atoms in total. The predicted molar refractivity (Wildman–Crippen MR) is 88.8 cm³/mol. The number of aromatic amines is 1. The summed E-state index contributed by atoms with van der Waals surface area (Å²) in [6.07, 6.45) is 2.09. The lowest BCUT2D eigenvalue weighted by Gasteiger charge is -2.17. The molecular formula is C18H26N2O. The van der Waals surface area contributed by atoms with Gasteiger partial charge in [0.05, 0.1) is 5.69 Å². The first-order valence-electron chi connectivity index (χ1n) is 7.75. The highest BCUT2D eigenvalue weighted by Gasteiger charge is 2.26. The number of nitrogens with one attached hydrogen (secondary N) is 1. The second-order valence-electron chi connectivity index (χ2n) is 6.79. The van der Waals surface area contributed by atoms with Crippen LogP contribution >= 0.6 is 0 Å². The molecule has 0 atom stereocenters. The Morgan fingerprint density at radius 1 is 1.14 bits per heavy atom. The Morgan fingerprint density at radius 2 is 1.76 bits per heavy atom. The Kier molecular flexibility index (Phi) is 4.40. The SMILES string of the molecule is CCCCn1[nH]c(-c2ccc(C)cc2)c(C(C)(C)C)c1=O. The van der Waals surface area contributed by atoms with Gasteiger partial charge in [-0.25, -0.2) is 0 Å². The number of aromatic nitrogens is 2. The van der Waals surface area contributed by atoms with E-state index in [4.69, 9.17) is 0 Å². The molecule has 1 aromatic carbocycles. The summed E-state index contributed by atoms with van der Waals surface area (Å²) in [5.41, 5.74) is 4.09. The third-order valence-electron chi connectivity index (χ3n) is 3.78. The summed E-state index contributed by atoms with van der Waals surface area (Å²) >= 11 is 0. The van der Waals surface area contributed by atoms with Crippen LogP contribution in [0.4, 0.5) is 0 Å². The van der Waals surface area contributed by atoms with Gasteiger partial charge in [-0.1, -0.05) is 63.9 Å². The van der Waals surface area contributed by atoms with E-state index in [-0.39, 0.29) is 11.0 Å². The van der Waals surface area contributed by atoms with Crippen molar-refractivity contribution < 1.29 is 0 Å². The van der Waals surface area contributed by atoms with Gasteiger partial charge in [0.2, 0.25) is 0 Å². The van der Waals surface area contributed by atoms with Crippen LogP contribution in [0.25, 0.3) is 11.3 Å². The third kappa shape index (κ3) is 3.29. The van der Waals surface area contributed by atoms with Crippen LogP contribution in [0.1, 0.15) is 51.7 Å². The van der Waals surface area contributed by atoms with E-state index in [0.717, 1.165) is 36.2 Å². The van der Waals surface area contributed by atoms with Crippen molar-refractivity contribution in [3.05, 3.63) is 45.7 Å². The maximum Gasteiger partial charge on any atom is 0.270 e. The second kappa shape index (κ2) is 5.92. The van der Waals surface area contributed by atoms with Crippen molar-refractivity contribution in [3.8, 4) is 11.3 Å². The van der Waals surface area contributed by atoms with Gasteiger partial charge in [0, 0.05) is 12.1 Å². The minimum atomic E-state index is -0.175. The lowest BCUT2D eigenvalue weighted by atomic mass is 9.85. The highest BCUT2D eigenvalue weighted by molar-refractivity contribution is 5.64. The minimum Gasteiger partial charge on any atom is -0.295 e. The highest BCUT2D eigenvalue weighted by atomic mass is 16.1. The van der Waals surface area contributed by atoms with Crippen molar-refractivity contribution >= 4 is 0 Å². The van der Waals surface area contributed by atoms with E-state index >= 15 is 0 Å². The van der Waals surface area contributed by atoms with E-state index in [1.807, 2.05) is 0 Å². The minimum absolute atomic E-state index is 0.117. The van der Waals surface area contributed by atoms with Crippen LogP contribution < -0.4 is 5.56 Å². The van der Waals surface area contributed by atoms with Gasteiger partial charge in [-0.3, -0.25) is 14.6 Å². The summed E-state index contributed by atoms with van der Waals surface area (Å²) in [5.74, 6) is 0. The molecule has 114 valence electrons. The number of hydrogen-bond acceptors (Lipinski definition) is 1. The Hall–Kier alpha value is -1.77. The van der Waals surface area contributed by atoms with Crippen LogP contribution in [0.5, 0.6) is 0 Å². The lowest BCUT2D eigenvalue weighted by molar-refractivity contribution is 0.544. The highest BCUT2D eigenvalue weighted by Crippen LogP contribution is 2.29. The summed E-state index contributed by atoms with van der Waals surface area (Å²) in [4.78, 5) is 12.7. The lowest BCUT2D eigenvalue weighted by Crippen LogP contribution is -2.26. The number of aryl methyl sites for hydroxylation is 2. The Labute approximate surface area is 127 Å². The molecule has 0 aliphatic heterocycles. The Morgan fingerprint density at radius 3 is 2.29 bits per heavy atom. The van der Waals surface area contributed by atoms with E-state index in [0.29, 0.717) is 0 Å². The number of nitrogens with zero attached hydrogens (tertiary/aromatic N) is 1. The van der Waals surface area contributed by atoms with Crippen molar-refractivity contribution in [1.82, 2.24) is 9.78 Å². The summed E-state index contributed by atoms with van der Waals surface area (Å²) in [6, 6.07) is 8.34. The van der Waals surface area contributed by atoms with Gasteiger partial charge in [-0.15, -0.1) is 0 Å². The predicted octanol–water partition coefficient (Wildman–Crippen LogP) is 4.25. The molecule has 0 amide bonds. The fourth-order valence-corrected chi connectivity index (χ4v) is 2.58. The fraction of sp³-hybridized carbons (Fsp3) is 0.500. The molecule has 0 aliphatic carbocycles. The number of rotatable bonds is 4. The second-order valence-corrected chi connectivity index (χ2v) is 6.79. The van der Waals surface area contributed by atoms with E-state index in [9.17, 15) is 4.79 Å². The molecule has 1 N–H and O–H groups in total. The molecule has 0 fully saturated rings. The monoisotopic (exact) mass is 286 g/mol. The van der Waals surface area contributed by atoms with Gasteiger partial charge in [0.1, 0.15) is 0 Å². The largest absolute Gasteiger partial charge is 0.295 e. The fourth-order valence-electron chi connectivity index (χ4n) is 2.58. The maximum atomic E-state index is 12.7. The van der Waals surface area contributed by atoms with Crippen molar-refractivity contribution in [2.24, 2.45) is 0 Å². The molecule has 21 heavy (non-hydrogen) atoms. The quantitative estimate of drug-likeness (QED) is 0.896. The first-order chi connectivity index (χ1) is 9.84. The maximum absolute atomic E-state index is 12.7. The first-order valence-corrected chi connectivity index (χ1v) is 7.75. The van der Waals surface area contributed by atoms with E-state index < -0.39 is 0 Å². The average molecular weight is 286 g/mol. The van der Waals surface area contributed by atoms with Crippen molar-refractivity contribution in [3.63, 3.8) is 0 Å². The summed E-state index contributed by atoms with van der Waals surface area (Å²) in [5, 5.41) is 3.33. The van der Waals surface area contributed by atoms with Crippen LogP contribution in [0.15, 0.2) is 29.1 Å².